The molecule has 0 bridgehead atoms. The predicted octanol–water partition coefficient (Wildman–Crippen LogP) is 4.08. The molecule has 0 saturated heterocycles. The number of pyridine rings is 1. The third-order valence-electron chi connectivity index (χ3n) is 4.34. The largest absolute Gasteiger partial charge is 0.481 e. The number of hydrogen-bond donors (Lipinski definition) is 1. The van der Waals surface area contributed by atoms with E-state index in [0.29, 0.717) is 24.1 Å². The first kappa shape index (κ1) is 18.0. The zero-order valence-corrected chi connectivity index (χ0v) is 15.3. The molecule has 1 aliphatic rings. The van der Waals surface area contributed by atoms with Gasteiger partial charge in [0.25, 0.3) is 5.89 Å². The Morgan fingerprint density at radius 1 is 1.42 bits per heavy atom. The van der Waals surface area contributed by atoms with E-state index in [2.05, 4.69) is 29.0 Å². The van der Waals surface area contributed by atoms with E-state index in [9.17, 15) is 4.79 Å². The van der Waals surface area contributed by atoms with Gasteiger partial charge in [-0.3, -0.25) is 9.78 Å². The lowest BCUT2D eigenvalue weighted by molar-refractivity contribution is -0.136. The summed E-state index contributed by atoms with van der Waals surface area (Å²) in [5, 5.41) is 12.9. The van der Waals surface area contributed by atoms with Crippen molar-refractivity contribution in [2.75, 3.05) is 0 Å². The van der Waals surface area contributed by atoms with Crippen LogP contribution in [0.4, 0.5) is 0 Å². The fourth-order valence-corrected chi connectivity index (χ4v) is 2.99. The van der Waals surface area contributed by atoms with Crippen molar-refractivity contribution >= 4 is 5.97 Å². The molecule has 0 aromatic carbocycles. The Balaban J connectivity index is 1.73. The van der Waals surface area contributed by atoms with Gasteiger partial charge in [0.1, 0.15) is 0 Å². The van der Waals surface area contributed by atoms with Crippen LogP contribution < -0.4 is 0 Å². The summed E-state index contributed by atoms with van der Waals surface area (Å²) in [5.74, 6) is 0.787. The summed E-state index contributed by atoms with van der Waals surface area (Å²) in [6.07, 6.45) is 9.11. The highest BCUT2D eigenvalue weighted by molar-refractivity contribution is 5.71. The zero-order chi connectivity index (χ0) is 18.7. The molecule has 1 unspecified atom stereocenters. The second-order valence-corrected chi connectivity index (χ2v) is 7.09. The van der Waals surface area contributed by atoms with Crippen LogP contribution in [0.25, 0.3) is 11.5 Å². The average Bonchev–Trinajstić information content (AvgIpc) is 3.06. The van der Waals surface area contributed by atoms with E-state index in [1.165, 1.54) is 0 Å². The van der Waals surface area contributed by atoms with Gasteiger partial charge in [-0.1, -0.05) is 37.2 Å². The molecular formula is C20H23N3O3. The second kappa shape index (κ2) is 7.64. The van der Waals surface area contributed by atoms with Crippen LogP contribution in [0.15, 0.2) is 40.6 Å². The molecule has 6 nitrogen and oxygen atoms in total. The molecule has 0 amide bonds. The summed E-state index contributed by atoms with van der Waals surface area (Å²) in [7, 11) is 0. The molecule has 26 heavy (non-hydrogen) atoms. The number of aryl methyl sites for hydroxylation is 1. The van der Waals surface area contributed by atoms with Crippen molar-refractivity contribution in [3.05, 3.63) is 53.1 Å². The van der Waals surface area contributed by atoms with Gasteiger partial charge in [-0.05, 0) is 42.9 Å². The fourth-order valence-electron chi connectivity index (χ4n) is 2.99. The minimum absolute atomic E-state index is 0.000634. The third-order valence-corrected chi connectivity index (χ3v) is 4.34. The van der Waals surface area contributed by atoms with Gasteiger partial charge in [-0.2, -0.15) is 4.98 Å². The predicted molar refractivity (Wildman–Crippen MR) is 97.6 cm³/mol. The van der Waals surface area contributed by atoms with Gasteiger partial charge < -0.3 is 9.63 Å². The number of nitrogens with zero attached hydrogens (tertiary/aromatic N) is 3. The van der Waals surface area contributed by atoms with Gasteiger partial charge >= 0.3 is 5.97 Å². The van der Waals surface area contributed by atoms with Crippen LogP contribution in [-0.2, 0) is 11.2 Å². The van der Waals surface area contributed by atoms with Crippen molar-refractivity contribution in [1.82, 2.24) is 15.1 Å². The molecule has 6 heteroatoms. The van der Waals surface area contributed by atoms with E-state index in [4.69, 9.17) is 9.63 Å². The van der Waals surface area contributed by atoms with Crippen LogP contribution in [0, 0.1) is 12.8 Å². The van der Waals surface area contributed by atoms with Crippen LogP contribution in [0.2, 0.25) is 0 Å². The van der Waals surface area contributed by atoms with Gasteiger partial charge in [-0.25, -0.2) is 0 Å². The van der Waals surface area contributed by atoms with Gasteiger partial charge in [0, 0.05) is 17.8 Å². The first-order chi connectivity index (χ1) is 12.4. The van der Waals surface area contributed by atoms with E-state index < -0.39 is 5.97 Å². The highest BCUT2D eigenvalue weighted by Gasteiger charge is 2.19. The van der Waals surface area contributed by atoms with Crippen molar-refractivity contribution in [3.8, 4) is 11.5 Å². The second-order valence-electron chi connectivity index (χ2n) is 7.09. The van der Waals surface area contributed by atoms with Crippen molar-refractivity contribution in [3.63, 3.8) is 0 Å². The summed E-state index contributed by atoms with van der Waals surface area (Å²) >= 11 is 0. The lowest BCUT2D eigenvalue weighted by Gasteiger charge is -2.11. The SMILES string of the molecule is Cc1cc(-c2nc(C3C=CC(CC(=O)O)=CC3)no2)cnc1CC(C)C. The van der Waals surface area contributed by atoms with Crippen LogP contribution in [0.1, 0.15) is 49.7 Å². The molecule has 0 fully saturated rings. The molecule has 0 saturated carbocycles. The summed E-state index contributed by atoms with van der Waals surface area (Å²) in [4.78, 5) is 19.8. The third kappa shape index (κ3) is 4.25. The molecule has 2 heterocycles. The van der Waals surface area contributed by atoms with E-state index in [-0.39, 0.29) is 12.3 Å². The topological polar surface area (TPSA) is 89.1 Å². The van der Waals surface area contributed by atoms with Gasteiger partial charge in [0.15, 0.2) is 5.82 Å². The molecule has 136 valence electrons. The van der Waals surface area contributed by atoms with E-state index in [0.717, 1.165) is 28.8 Å². The smallest absolute Gasteiger partial charge is 0.307 e. The van der Waals surface area contributed by atoms with Crippen molar-refractivity contribution in [1.29, 1.82) is 0 Å². The number of hydrogen-bond acceptors (Lipinski definition) is 5. The number of carbonyl (C=O) groups is 1. The molecule has 2 aromatic heterocycles. The average molecular weight is 353 g/mol. The summed E-state index contributed by atoms with van der Waals surface area (Å²) in [5.41, 5.74) is 3.83. The maximum atomic E-state index is 10.8. The first-order valence-electron chi connectivity index (χ1n) is 8.81. The van der Waals surface area contributed by atoms with Crippen molar-refractivity contribution < 1.29 is 14.4 Å². The number of rotatable bonds is 6. The first-order valence-corrected chi connectivity index (χ1v) is 8.81. The number of aromatic nitrogens is 3. The summed E-state index contributed by atoms with van der Waals surface area (Å²) in [6, 6.07) is 2.03. The molecule has 1 atom stereocenters. The standard InChI is InChI=1S/C20H23N3O3/c1-12(2)8-17-13(3)9-16(11-21-17)20-22-19(23-26-20)15-6-4-14(5-7-15)10-18(24)25/h4-6,9,11-12,15H,7-8,10H2,1-3H3,(H,24,25). The Bertz CT molecular complexity index is 865. The lowest BCUT2D eigenvalue weighted by atomic mass is 9.95. The molecule has 0 radical (unpaired) electrons. The zero-order valence-electron chi connectivity index (χ0n) is 15.3. The quantitative estimate of drug-likeness (QED) is 0.841. The maximum absolute atomic E-state index is 10.8. The number of allylic oxidation sites excluding steroid dienone is 3. The van der Waals surface area contributed by atoms with Gasteiger partial charge in [-0.15, -0.1) is 0 Å². The van der Waals surface area contributed by atoms with Crippen LogP contribution in [-0.4, -0.2) is 26.2 Å². The highest BCUT2D eigenvalue weighted by atomic mass is 16.5. The normalized spacial score (nSPS) is 16.8. The van der Waals surface area contributed by atoms with Gasteiger partial charge in [0.05, 0.1) is 12.0 Å². The van der Waals surface area contributed by atoms with E-state index in [1.807, 2.05) is 31.2 Å². The monoisotopic (exact) mass is 353 g/mol. The van der Waals surface area contributed by atoms with Crippen LogP contribution >= 0.6 is 0 Å². The van der Waals surface area contributed by atoms with E-state index >= 15 is 0 Å². The molecule has 0 spiro atoms. The van der Waals surface area contributed by atoms with Gasteiger partial charge in [0.2, 0.25) is 0 Å². The lowest BCUT2D eigenvalue weighted by Crippen LogP contribution is -2.03. The van der Waals surface area contributed by atoms with Crippen molar-refractivity contribution in [2.45, 2.75) is 46.0 Å². The Morgan fingerprint density at radius 2 is 2.23 bits per heavy atom. The summed E-state index contributed by atoms with van der Waals surface area (Å²) < 4.78 is 5.42. The fraction of sp³-hybridized carbons (Fsp3) is 0.400. The molecule has 0 aliphatic heterocycles. The molecule has 1 N–H and O–H groups in total. The maximum Gasteiger partial charge on any atom is 0.307 e. The molecule has 1 aliphatic carbocycles. The Morgan fingerprint density at radius 3 is 2.85 bits per heavy atom. The highest BCUT2D eigenvalue weighted by Crippen LogP contribution is 2.28. The molecule has 2 aromatic rings. The van der Waals surface area contributed by atoms with Crippen LogP contribution in [0.3, 0.4) is 0 Å². The number of carboxylic acids is 1. The van der Waals surface area contributed by atoms with Crippen molar-refractivity contribution in [2.24, 2.45) is 5.92 Å². The Hall–Kier alpha value is -2.76. The van der Waals surface area contributed by atoms with E-state index in [1.54, 1.807) is 6.20 Å². The number of carboxylic acid groups (broad SMARTS) is 1. The molecular weight excluding hydrogens is 330 g/mol. The minimum atomic E-state index is -0.829. The minimum Gasteiger partial charge on any atom is -0.481 e. The number of aliphatic carboxylic acids is 1. The molecule has 3 rings (SSSR count). The van der Waals surface area contributed by atoms with Crippen LogP contribution in [0.5, 0.6) is 0 Å². The summed E-state index contributed by atoms with van der Waals surface area (Å²) in [6.45, 7) is 6.39. The Kier molecular flexibility index (Phi) is 5.30. The Labute approximate surface area is 152 Å².